The molecular weight excluding hydrogens is 218 g/mol. The van der Waals surface area contributed by atoms with Gasteiger partial charge in [-0.1, -0.05) is 0 Å². The van der Waals surface area contributed by atoms with Crippen LogP contribution in [-0.2, 0) is 4.74 Å². The Morgan fingerprint density at radius 1 is 1.12 bits per heavy atom. The number of phenolic OH excluding ortho intramolecular Hbond substituents is 2. The number of phenols is 2. The van der Waals surface area contributed by atoms with Crippen LogP contribution in [0.1, 0.15) is 24.9 Å². The van der Waals surface area contributed by atoms with Crippen LogP contribution < -0.4 is 0 Å². The number of nitrogens with zero attached hydrogens (tertiary/aromatic N) is 1. The fraction of sp³-hybridized carbons (Fsp3) is 0.538. The minimum absolute atomic E-state index is 0.109. The van der Waals surface area contributed by atoms with E-state index in [4.69, 9.17) is 4.74 Å². The summed E-state index contributed by atoms with van der Waals surface area (Å²) in [5.41, 5.74) is 0.935. The standard InChI is InChI=1S/C13H19NO3/c1-10(14-3-2-5-17-6-4-14)11-7-12(15)9-13(16)8-11/h7-10,15-16H,2-6H2,1H3. The lowest BCUT2D eigenvalue weighted by Gasteiger charge is -2.27. The molecule has 1 saturated heterocycles. The lowest BCUT2D eigenvalue weighted by atomic mass is 10.1. The maximum atomic E-state index is 9.49. The minimum atomic E-state index is 0.109. The Morgan fingerprint density at radius 2 is 1.82 bits per heavy atom. The molecule has 1 aliphatic heterocycles. The van der Waals surface area contributed by atoms with Crippen molar-refractivity contribution in [2.24, 2.45) is 0 Å². The summed E-state index contributed by atoms with van der Waals surface area (Å²) in [4.78, 5) is 2.31. The lowest BCUT2D eigenvalue weighted by Crippen LogP contribution is -2.29. The van der Waals surface area contributed by atoms with Gasteiger partial charge in [0.25, 0.3) is 0 Å². The molecule has 2 N–H and O–H groups in total. The number of rotatable bonds is 2. The fourth-order valence-corrected chi connectivity index (χ4v) is 2.22. The van der Waals surface area contributed by atoms with E-state index >= 15 is 0 Å². The van der Waals surface area contributed by atoms with Crippen molar-refractivity contribution in [2.45, 2.75) is 19.4 Å². The van der Waals surface area contributed by atoms with E-state index in [1.165, 1.54) is 6.07 Å². The van der Waals surface area contributed by atoms with Gasteiger partial charge in [-0.3, -0.25) is 4.90 Å². The van der Waals surface area contributed by atoms with Crippen LogP contribution in [0.2, 0.25) is 0 Å². The first-order valence-electron chi connectivity index (χ1n) is 6.01. The zero-order valence-electron chi connectivity index (χ0n) is 10.1. The molecule has 1 atom stereocenters. The van der Waals surface area contributed by atoms with Crippen LogP contribution in [0.15, 0.2) is 18.2 Å². The Balaban J connectivity index is 2.14. The van der Waals surface area contributed by atoms with E-state index in [0.717, 1.165) is 38.3 Å². The molecule has 0 aliphatic carbocycles. The van der Waals surface area contributed by atoms with Crippen LogP contribution in [-0.4, -0.2) is 41.4 Å². The van der Waals surface area contributed by atoms with E-state index < -0.39 is 0 Å². The molecule has 1 aromatic rings. The summed E-state index contributed by atoms with van der Waals surface area (Å²) in [6, 6.07) is 4.93. The second-order valence-electron chi connectivity index (χ2n) is 4.46. The third-order valence-electron chi connectivity index (χ3n) is 3.21. The first-order valence-corrected chi connectivity index (χ1v) is 6.01. The van der Waals surface area contributed by atoms with Crippen molar-refractivity contribution in [1.29, 1.82) is 0 Å². The number of benzene rings is 1. The van der Waals surface area contributed by atoms with E-state index in [2.05, 4.69) is 11.8 Å². The third-order valence-corrected chi connectivity index (χ3v) is 3.21. The molecule has 0 amide bonds. The topological polar surface area (TPSA) is 52.9 Å². The predicted octanol–water partition coefficient (Wildman–Crippen LogP) is 1.88. The molecule has 1 aromatic carbocycles. The molecule has 1 heterocycles. The average molecular weight is 237 g/mol. The number of aromatic hydroxyl groups is 2. The predicted molar refractivity (Wildman–Crippen MR) is 65.2 cm³/mol. The van der Waals surface area contributed by atoms with Crippen LogP contribution >= 0.6 is 0 Å². The highest BCUT2D eigenvalue weighted by Gasteiger charge is 2.18. The van der Waals surface area contributed by atoms with Gasteiger partial charge in [-0.2, -0.15) is 0 Å². The first kappa shape index (κ1) is 12.2. The molecule has 4 heteroatoms. The molecule has 0 aromatic heterocycles. The zero-order valence-corrected chi connectivity index (χ0v) is 10.1. The fourth-order valence-electron chi connectivity index (χ4n) is 2.22. The van der Waals surface area contributed by atoms with Gasteiger partial charge in [0.05, 0.1) is 6.61 Å². The highest BCUT2D eigenvalue weighted by molar-refractivity contribution is 5.37. The monoisotopic (exact) mass is 237 g/mol. The van der Waals surface area contributed by atoms with E-state index in [1.54, 1.807) is 12.1 Å². The lowest BCUT2D eigenvalue weighted by molar-refractivity contribution is 0.134. The van der Waals surface area contributed by atoms with E-state index in [-0.39, 0.29) is 17.5 Å². The SMILES string of the molecule is CC(c1cc(O)cc(O)c1)N1CCCOCC1. The molecule has 2 rings (SSSR count). The van der Waals surface area contributed by atoms with Crippen LogP contribution in [0.5, 0.6) is 11.5 Å². The second-order valence-corrected chi connectivity index (χ2v) is 4.46. The molecule has 17 heavy (non-hydrogen) atoms. The van der Waals surface area contributed by atoms with Gasteiger partial charge < -0.3 is 14.9 Å². The molecule has 0 radical (unpaired) electrons. The van der Waals surface area contributed by atoms with E-state index in [9.17, 15) is 10.2 Å². The summed E-state index contributed by atoms with van der Waals surface area (Å²) in [7, 11) is 0. The van der Waals surface area contributed by atoms with Gasteiger partial charge in [0.1, 0.15) is 11.5 Å². The van der Waals surface area contributed by atoms with Crippen LogP contribution in [0.4, 0.5) is 0 Å². The molecule has 0 saturated carbocycles. The summed E-state index contributed by atoms with van der Waals surface area (Å²) >= 11 is 0. The summed E-state index contributed by atoms with van der Waals surface area (Å²) in [5.74, 6) is 0.218. The molecule has 1 fully saturated rings. The Hall–Kier alpha value is -1.26. The number of hydrogen-bond donors (Lipinski definition) is 2. The van der Waals surface area contributed by atoms with E-state index in [0.29, 0.717) is 0 Å². The maximum absolute atomic E-state index is 9.49. The molecule has 4 nitrogen and oxygen atoms in total. The van der Waals surface area contributed by atoms with Crippen molar-refractivity contribution in [3.63, 3.8) is 0 Å². The molecule has 94 valence electrons. The molecular formula is C13H19NO3. The van der Waals surface area contributed by atoms with E-state index in [1.807, 2.05) is 0 Å². The Kier molecular flexibility index (Phi) is 3.86. The average Bonchev–Trinajstić information content (AvgIpc) is 2.55. The summed E-state index contributed by atoms with van der Waals surface area (Å²) in [6.45, 7) is 5.51. The molecule has 1 aliphatic rings. The van der Waals surface area contributed by atoms with Crippen LogP contribution in [0.3, 0.4) is 0 Å². The minimum Gasteiger partial charge on any atom is -0.508 e. The first-order chi connectivity index (χ1) is 8.16. The van der Waals surface area contributed by atoms with Crippen molar-refractivity contribution in [2.75, 3.05) is 26.3 Å². The molecule has 1 unspecified atom stereocenters. The highest BCUT2D eigenvalue weighted by Crippen LogP contribution is 2.28. The van der Waals surface area contributed by atoms with Gasteiger partial charge in [0.15, 0.2) is 0 Å². The summed E-state index contributed by atoms with van der Waals surface area (Å²) in [5, 5.41) is 19.0. The quantitative estimate of drug-likeness (QED) is 0.824. The molecule has 0 spiro atoms. The zero-order chi connectivity index (χ0) is 12.3. The molecule has 0 bridgehead atoms. The Morgan fingerprint density at radius 3 is 2.53 bits per heavy atom. The van der Waals surface area contributed by atoms with Gasteiger partial charge in [0, 0.05) is 31.8 Å². The third kappa shape index (κ3) is 3.11. The largest absolute Gasteiger partial charge is 0.508 e. The highest BCUT2D eigenvalue weighted by atomic mass is 16.5. The van der Waals surface area contributed by atoms with Crippen LogP contribution in [0, 0.1) is 0 Å². The Bertz CT molecular complexity index is 353. The Labute approximate surface area is 101 Å². The smallest absolute Gasteiger partial charge is 0.119 e. The van der Waals surface area contributed by atoms with Gasteiger partial charge >= 0.3 is 0 Å². The van der Waals surface area contributed by atoms with Crippen molar-refractivity contribution < 1.29 is 14.9 Å². The number of ether oxygens (including phenoxy) is 1. The van der Waals surface area contributed by atoms with Crippen molar-refractivity contribution >= 4 is 0 Å². The summed E-state index contributed by atoms with van der Waals surface area (Å²) in [6.07, 6.45) is 1.02. The van der Waals surface area contributed by atoms with Gasteiger partial charge in [0.2, 0.25) is 0 Å². The van der Waals surface area contributed by atoms with Crippen molar-refractivity contribution in [1.82, 2.24) is 4.90 Å². The van der Waals surface area contributed by atoms with Gasteiger partial charge in [-0.25, -0.2) is 0 Å². The van der Waals surface area contributed by atoms with Crippen molar-refractivity contribution in [3.05, 3.63) is 23.8 Å². The second kappa shape index (κ2) is 5.38. The van der Waals surface area contributed by atoms with Crippen molar-refractivity contribution in [3.8, 4) is 11.5 Å². The summed E-state index contributed by atoms with van der Waals surface area (Å²) < 4.78 is 5.42. The number of hydrogen-bond acceptors (Lipinski definition) is 4. The maximum Gasteiger partial charge on any atom is 0.119 e. The van der Waals surface area contributed by atoms with Gasteiger partial charge in [-0.05, 0) is 31.0 Å². The normalized spacial score (nSPS) is 19.8. The van der Waals surface area contributed by atoms with Gasteiger partial charge in [-0.15, -0.1) is 0 Å². The van der Waals surface area contributed by atoms with Crippen LogP contribution in [0.25, 0.3) is 0 Å².